The highest BCUT2D eigenvalue weighted by Gasteiger charge is 2.42. The van der Waals surface area contributed by atoms with Gasteiger partial charge in [-0.05, 0) is 58.7 Å². The van der Waals surface area contributed by atoms with Gasteiger partial charge in [-0.3, -0.25) is 4.90 Å². The summed E-state index contributed by atoms with van der Waals surface area (Å²) in [5.74, 6) is -1.45. The van der Waals surface area contributed by atoms with Crippen LogP contribution in [0.3, 0.4) is 0 Å². The molecule has 1 fully saturated rings. The second-order valence-electron chi connectivity index (χ2n) is 9.27. The zero-order valence-electron chi connectivity index (χ0n) is 18.5. The number of rotatable bonds is 4. The second kappa shape index (κ2) is 9.35. The number of hydrogen-bond donors (Lipinski definition) is 0. The fourth-order valence-corrected chi connectivity index (χ4v) is 3.90. The summed E-state index contributed by atoms with van der Waals surface area (Å²) in [5, 5.41) is 0.539. The van der Waals surface area contributed by atoms with Gasteiger partial charge in [-0.1, -0.05) is 30.7 Å². The first-order chi connectivity index (χ1) is 13.7. The maximum Gasteiger partial charge on any atom is 0.410 e. The van der Waals surface area contributed by atoms with E-state index in [9.17, 15) is 18.0 Å². The van der Waals surface area contributed by atoms with E-state index in [1.165, 1.54) is 6.92 Å². The van der Waals surface area contributed by atoms with E-state index >= 15 is 0 Å². The average molecular weight is 449 g/mol. The molecule has 0 N–H and O–H groups in total. The molecular weight excluding hydrogens is 417 g/mol. The lowest BCUT2D eigenvalue weighted by molar-refractivity contribution is -0.176. The van der Waals surface area contributed by atoms with Gasteiger partial charge >= 0.3 is 12.3 Å². The van der Waals surface area contributed by atoms with Gasteiger partial charge in [0.05, 0.1) is 5.92 Å². The highest BCUT2D eigenvalue weighted by molar-refractivity contribution is 6.30. The number of piperazine rings is 1. The van der Waals surface area contributed by atoms with Crippen molar-refractivity contribution in [1.29, 1.82) is 0 Å². The van der Waals surface area contributed by atoms with Gasteiger partial charge < -0.3 is 9.64 Å². The zero-order valence-corrected chi connectivity index (χ0v) is 19.2. The first-order valence-corrected chi connectivity index (χ1v) is 10.6. The van der Waals surface area contributed by atoms with Crippen molar-refractivity contribution < 1.29 is 22.7 Å². The van der Waals surface area contributed by atoms with Gasteiger partial charge in [0.1, 0.15) is 5.60 Å². The predicted molar refractivity (Wildman–Crippen MR) is 113 cm³/mol. The molecule has 0 aromatic heterocycles. The van der Waals surface area contributed by atoms with Gasteiger partial charge in [-0.15, -0.1) is 0 Å². The van der Waals surface area contributed by atoms with Gasteiger partial charge in [-0.25, -0.2) is 4.79 Å². The molecule has 2 rings (SSSR count). The lowest BCUT2D eigenvalue weighted by Gasteiger charge is -2.48. The fourth-order valence-electron chi connectivity index (χ4n) is 3.78. The van der Waals surface area contributed by atoms with Crippen LogP contribution in [0.4, 0.5) is 18.0 Å². The summed E-state index contributed by atoms with van der Waals surface area (Å²) in [6.45, 7) is 11.3. The number of halogens is 4. The molecule has 170 valence electrons. The topological polar surface area (TPSA) is 32.8 Å². The Labute approximate surface area is 182 Å². The van der Waals surface area contributed by atoms with Crippen LogP contribution in [-0.2, 0) is 4.74 Å². The summed E-state index contributed by atoms with van der Waals surface area (Å²) in [4.78, 5) is 16.3. The van der Waals surface area contributed by atoms with E-state index in [0.29, 0.717) is 18.1 Å². The fraction of sp³-hybridized carbons (Fsp3) is 0.682. The number of ether oxygens (including phenoxy) is 1. The van der Waals surface area contributed by atoms with E-state index in [-0.39, 0.29) is 18.5 Å². The third kappa shape index (κ3) is 6.51. The molecule has 1 aliphatic rings. The lowest BCUT2D eigenvalue weighted by Crippen LogP contribution is -2.59. The predicted octanol–water partition coefficient (Wildman–Crippen LogP) is 6.30. The molecule has 1 saturated heterocycles. The van der Waals surface area contributed by atoms with Crippen LogP contribution in [0, 0.1) is 5.92 Å². The zero-order chi connectivity index (χ0) is 22.9. The molecule has 1 heterocycles. The van der Waals surface area contributed by atoms with E-state index in [0.717, 1.165) is 5.56 Å². The number of amides is 1. The molecule has 8 heteroatoms. The van der Waals surface area contributed by atoms with Crippen LogP contribution in [0.1, 0.15) is 59.6 Å². The highest BCUT2D eigenvalue weighted by Crippen LogP contribution is 2.38. The Morgan fingerprint density at radius 1 is 1.13 bits per heavy atom. The van der Waals surface area contributed by atoms with Crippen molar-refractivity contribution in [3.8, 4) is 0 Å². The smallest absolute Gasteiger partial charge is 0.410 e. The Hall–Kier alpha value is -1.47. The molecule has 4 atom stereocenters. The van der Waals surface area contributed by atoms with Crippen LogP contribution in [-0.4, -0.2) is 52.8 Å². The summed E-state index contributed by atoms with van der Waals surface area (Å²) < 4.78 is 45.5. The van der Waals surface area contributed by atoms with Crippen molar-refractivity contribution in [2.24, 2.45) is 5.92 Å². The Balaban J connectivity index is 2.26. The Kier molecular flexibility index (Phi) is 7.73. The van der Waals surface area contributed by atoms with Gasteiger partial charge in [0.25, 0.3) is 0 Å². The van der Waals surface area contributed by atoms with E-state index in [4.69, 9.17) is 16.3 Å². The second-order valence-corrected chi connectivity index (χ2v) is 9.71. The van der Waals surface area contributed by atoms with Crippen LogP contribution in [0.2, 0.25) is 5.02 Å². The largest absolute Gasteiger partial charge is 0.444 e. The number of alkyl halides is 3. The van der Waals surface area contributed by atoms with E-state index in [1.54, 1.807) is 29.2 Å². The van der Waals surface area contributed by atoms with Crippen LogP contribution < -0.4 is 0 Å². The number of hydrogen-bond acceptors (Lipinski definition) is 3. The molecule has 1 aromatic rings. The summed E-state index contributed by atoms with van der Waals surface area (Å²) in [6.07, 6.45) is -4.72. The van der Waals surface area contributed by atoms with Crippen molar-refractivity contribution in [3.63, 3.8) is 0 Å². The minimum absolute atomic E-state index is 0.0609. The van der Waals surface area contributed by atoms with Gasteiger partial charge in [0, 0.05) is 36.2 Å². The molecule has 30 heavy (non-hydrogen) atoms. The normalized spacial score (nSPS) is 23.2. The monoisotopic (exact) mass is 448 g/mol. The van der Waals surface area contributed by atoms with Crippen molar-refractivity contribution in [2.75, 3.05) is 13.1 Å². The molecular formula is C22H32ClF3N2O2. The molecule has 1 aliphatic heterocycles. The Bertz CT molecular complexity index is 719. The van der Waals surface area contributed by atoms with Crippen molar-refractivity contribution >= 4 is 17.7 Å². The summed E-state index contributed by atoms with van der Waals surface area (Å²) >= 11 is 5.99. The number of carbonyl (C=O) groups is 1. The lowest BCUT2D eigenvalue weighted by atomic mass is 9.91. The van der Waals surface area contributed by atoms with Crippen molar-refractivity contribution in [3.05, 3.63) is 34.9 Å². The van der Waals surface area contributed by atoms with Crippen LogP contribution in [0.25, 0.3) is 0 Å². The molecule has 0 saturated carbocycles. The van der Waals surface area contributed by atoms with Gasteiger partial charge in [0.15, 0.2) is 0 Å². The summed E-state index contributed by atoms with van der Waals surface area (Å²) in [5.41, 5.74) is 0.186. The number of benzene rings is 1. The van der Waals surface area contributed by atoms with Crippen molar-refractivity contribution in [1.82, 2.24) is 9.80 Å². The molecule has 0 bridgehead atoms. The summed E-state index contributed by atoms with van der Waals surface area (Å²) in [7, 11) is 0. The summed E-state index contributed by atoms with van der Waals surface area (Å²) in [6, 6.07) is 6.22. The standard InChI is InChI=1S/C22H32ClF3N2O2/c1-14(22(24,25)26)11-19(17-7-9-18(23)10-8-17)27-12-16(3)28(13-15(27)2)20(29)30-21(4,5)6/h7-10,14-16,19H,11-13H2,1-6H3/t14?,15-,16+,19?/m1/s1. The van der Waals surface area contributed by atoms with Crippen molar-refractivity contribution in [2.45, 2.75) is 77.9 Å². The molecule has 4 nitrogen and oxygen atoms in total. The Morgan fingerprint density at radius 2 is 1.70 bits per heavy atom. The number of nitrogens with zero attached hydrogens (tertiary/aromatic N) is 2. The SMILES string of the molecule is CC(CC(c1ccc(Cl)cc1)N1C[C@H](C)N(C(=O)OC(C)(C)C)C[C@H]1C)C(F)(F)F. The molecule has 0 radical (unpaired) electrons. The Morgan fingerprint density at radius 3 is 2.20 bits per heavy atom. The highest BCUT2D eigenvalue weighted by atomic mass is 35.5. The molecule has 2 unspecified atom stereocenters. The van der Waals surface area contributed by atoms with Crippen LogP contribution >= 0.6 is 11.6 Å². The van der Waals surface area contributed by atoms with Gasteiger partial charge in [0.2, 0.25) is 0 Å². The minimum atomic E-state index is -4.27. The maximum atomic E-state index is 13.3. The average Bonchev–Trinajstić information content (AvgIpc) is 2.59. The van der Waals surface area contributed by atoms with Gasteiger partial charge in [-0.2, -0.15) is 13.2 Å². The first-order valence-electron chi connectivity index (χ1n) is 10.3. The molecule has 1 aromatic carbocycles. The van der Waals surface area contributed by atoms with E-state index in [2.05, 4.69) is 4.90 Å². The maximum absolute atomic E-state index is 13.3. The first kappa shape index (κ1) is 24.8. The molecule has 0 spiro atoms. The quantitative estimate of drug-likeness (QED) is 0.541. The van der Waals surface area contributed by atoms with Crippen LogP contribution in [0.15, 0.2) is 24.3 Å². The van der Waals surface area contributed by atoms with E-state index in [1.807, 2.05) is 34.6 Å². The molecule has 0 aliphatic carbocycles. The van der Waals surface area contributed by atoms with Crippen LogP contribution in [0.5, 0.6) is 0 Å². The number of carbonyl (C=O) groups excluding carboxylic acids is 1. The third-order valence-corrected chi connectivity index (χ3v) is 5.70. The third-order valence-electron chi connectivity index (χ3n) is 5.45. The molecule has 1 amide bonds. The minimum Gasteiger partial charge on any atom is -0.444 e. The van der Waals surface area contributed by atoms with E-state index < -0.39 is 29.8 Å².